The molecule has 2 atom stereocenters. The second-order valence-electron chi connectivity index (χ2n) is 5.13. The van der Waals surface area contributed by atoms with Gasteiger partial charge < -0.3 is 15.8 Å². The Morgan fingerprint density at radius 1 is 1.47 bits per heavy atom. The van der Waals surface area contributed by atoms with E-state index in [9.17, 15) is 4.79 Å². The van der Waals surface area contributed by atoms with Crippen molar-refractivity contribution in [2.75, 3.05) is 13.2 Å². The van der Waals surface area contributed by atoms with Crippen molar-refractivity contribution in [3.05, 3.63) is 0 Å². The number of nitrogens with one attached hydrogen (secondary N) is 1. The first kappa shape index (κ1) is 14.5. The monoisotopic (exact) mass is 242 g/mol. The Morgan fingerprint density at radius 3 is 2.59 bits per heavy atom. The van der Waals surface area contributed by atoms with Gasteiger partial charge in [0.25, 0.3) is 5.91 Å². The Kier molecular flexibility index (Phi) is 5.40. The van der Waals surface area contributed by atoms with Crippen molar-refractivity contribution in [2.24, 2.45) is 11.7 Å². The normalized spacial score (nSPS) is 26.2. The quantitative estimate of drug-likeness (QED) is 0.740. The smallest absolute Gasteiger partial charge is 0.252 e. The second kappa shape index (κ2) is 6.36. The van der Waals surface area contributed by atoms with Gasteiger partial charge >= 0.3 is 0 Å². The van der Waals surface area contributed by atoms with E-state index in [1.54, 1.807) is 0 Å². The highest BCUT2D eigenvalue weighted by atomic mass is 16.5. The minimum absolute atomic E-state index is 0.0172. The highest BCUT2D eigenvalue weighted by Gasteiger charge is 2.37. The molecule has 1 rings (SSSR count). The van der Waals surface area contributed by atoms with Crippen LogP contribution in [0.2, 0.25) is 0 Å². The molecule has 4 heteroatoms. The summed E-state index contributed by atoms with van der Waals surface area (Å²) in [5.41, 5.74) is 5.44. The van der Waals surface area contributed by atoms with Gasteiger partial charge in [-0.25, -0.2) is 0 Å². The number of carbonyl (C=O) groups excluding carboxylic acids is 1. The molecule has 0 bridgehead atoms. The first-order valence-electron chi connectivity index (χ1n) is 6.71. The summed E-state index contributed by atoms with van der Waals surface area (Å²) in [4.78, 5) is 12.0. The average molecular weight is 242 g/mol. The molecule has 1 fully saturated rings. The van der Waals surface area contributed by atoms with E-state index in [0.717, 1.165) is 25.7 Å². The second-order valence-corrected chi connectivity index (χ2v) is 5.13. The zero-order valence-electron chi connectivity index (χ0n) is 11.3. The maximum absolute atomic E-state index is 12.0. The first-order chi connectivity index (χ1) is 8.03. The van der Waals surface area contributed by atoms with E-state index in [2.05, 4.69) is 19.2 Å². The third kappa shape index (κ3) is 3.68. The van der Waals surface area contributed by atoms with Gasteiger partial charge in [0.1, 0.15) is 5.60 Å². The Balaban J connectivity index is 2.37. The van der Waals surface area contributed by atoms with Crippen LogP contribution in [0.4, 0.5) is 0 Å². The molecule has 1 saturated heterocycles. The molecule has 1 amide bonds. The molecule has 17 heavy (non-hydrogen) atoms. The van der Waals surface area contributed by atoms with Gasteiger partial charge in [-0.05, 0) is 25.7 Å². The van der Waals surface area contributed by atoms with Crippen LogP contribution in [0.1, 0.15) is 46.5 Å². The fourth-order valence-electron chi connectivity index (χ4n) is 2.42. The SMILES string of the molecule is CCC(CC)C(N)CNC(=O)C1(C)CCCO1. The summed E-state index contributed by atoms with van der Waals surface area (Å²) in [7, 11) is 0. The van der Waals surface area contributed by atoms with Crippen LogP contribution in [0.3, 0.4) is 0 Å². The zero-order chi connectivity index (χ0) is 12.9. The van der Waals surface area contributed by atoms with Crippen molar-refractivity contribution in [3.63, 3.8) is 0 Å². The number of amides is 1. The number of hydrogen-bond acceptors (Lipinski definition) is 3. The van der Waals surface area contributed by atoms with Crippen molar-refractivity contribution in [1.29, 1.82) is 0 Å². The van der Waals surface area contributed by atoms with Crippen LogP contribution >= 0.6 is 0 Å². The molecule has 1 aliphatic rings. The average Bonchev–Trinajstić information content (AvgIpc) is 2.76. The molecule has 100 valence electrons. The maximum Gasteiger partial charge on any atom is 0.252 e. The van der Waals surface area contributed by atoms with Gasteiger partial charge in [-0.15, -0.1) is 0 Å². The van der Waals surface area contributed by atoms with Gasteiger partial charge in [0, 0.05) is 19.2 Å². The number of carbonyl (C=O) groups is 1. The van der Waals surface area contributed by atoms with Crippen LogP contribution in [-0.2, 0) is 9.53 Å². The van der Waals surface area contributed by atoms with Crippen molar-refractivity contribution in [1.82, 2.24) is 5.32 Å². The van der Waals surface area contributed by atoms with E-state index in [0.29, 0.717) is 19.1 Å². The largest absolute Gasteiger partial charge is 0.365 e. The molecular formula is C13H26N2O2. The Labute approximate surface area is 104 Å². The summed E-state index contributed by atoms with van der Waals surface area (Å²) in [5, 5.41) is 2.93. The Bertz CT molecular complexity index is 246. The molecular weight excluding hydrogens is 216 g/mol. The lowest BCUT2D eigenvalue weighted by Crippen LogP contribution is -2.49. The van der Waals surface area contributed by atoms with Crippen LogP contribution in [0, 0.1) is 5.92 Å². The number of nitrogens with two attached hydrogens (primary N) is 1. The lowest BCUT2D eigenvalue weighted by Gasteiger charge is -2.25. The van der Waals surface area contributed by atoms with Crippen molar-refractivity contribution < 1.29 is 9.53 Å². The highest BCUT2D eigenvalue weighted by Crippen LogP contribution is 2.25. The van der Waals surface area contributed by atoms with Crippen molar-refractivity contribution in [2.45, 2.75) is 58.1 Å². The predicted molar refractivity (Wildman–Crippen MR) is 68.6 cm³/mol. The third-order valence-corrected chi connectivity index (χ3v) is 3.85. The standard InChI is InChI=1S/C13H26N2O2/c1-4-10(5-2)11(14)9-15-12(16)13(3)7-6-8-17-13/h10-11H,4-9,14H2,1-3H3,(H,15,16). The van der Waals surface area contributed by atoms with Crippen LogP contribution in [0.5, 0.6) is 0 Å². The maximum atomic E-state index is 12.0. The van der Waals surface area contributed by atoms with E-state index in [1.165, 1.54) is 0 Å². The van der Waals surface area contributed by atoms with Crippen LogP contribution in [0.25, 0.3) is 0 Å². The van der Waals surface area contributed by atoms with E-state index in [1.807, 2.05) is 6.92 Å². The summed E-state index contributed by atoms with van der Waals surface area (Å²) in [6, 6.07) is 0.0407. The molecule has 0 aromatic carbocycles. The van der Waals surface area contributed by atoms with Gasteiger partial charge in [0.15, 0.2) is 0 Å². The molecule has 0 radical (unpaired) electrons. The van der Waals surface area contributed by atoms with Crippen molar-refractivity contribution in [3.8, 4) is 0 Å². The minimum atomic E-state index is -0.631. The van der Waals surface area contributed by atoms with Crippen LogP contribution < -0.4 is 11.1 Å². The van der Waals surface area contributed by atoms with Crippen molar-refractivity contribution >= 4 is 5.91 Å². The summed E-state index contributed by atoms with van der Waals surface area (Å²) in [6.45, 7) is 7.36. The number of hydrogen-bond donors (Lipinski definition) is 2. The van der Waals surface area contributed by atoms with E-state index in [-0.39, 0.29) is 11.9 Å². The minimum Gasteiger partial charge on any atom is -0.365 e. The molecule has 4 nitrogen and oxygen atoms in total. The lowest BCUT2D eigenvalue weighted by atomic mass is 9.94. The zero-order valence-corrected chi connectivity index (χ0v) is 11.3. The van der Waals surface area contributed by atoms with Gasteiger partial charge in [-0.1, -0.05) is 26.7 Å². The summed E-state index contributed by atoms with van der Waals surface area (Å²) in [6.07, 6.45) is 3.88. The Hall–Kier alpha value is -0.610. The molecule has 1 aliphatic heterocycles. The first-order valence-corrected chi connectivity index (χ1v) is 6.71. The summed E-state index contributed by atoms with van der Waals surface area (Å²) in [5.74, 6) is 0.462. The van der Waals surface area contributed by atoms with Crippen LogP contribution in [-0.4, -0.2) is 30.7 Å². The van der Waals surface area contributed by atoms with Gasteiger partial charge in [0.2, 0.25) is 0 Å². The molecule has 0 aromatic heterocycles. The fraction of sp³-hybridized carbons (Fsp3) is 0.923. The van der Waals surface area contributed by atoms with E-state index < -0.39 is 5.60 Å². The summed E-state index contributed by atoms with van der Waals surface area (Å²) < 4.78 is 5.49. The molecule has 3 N–H and O–H groups in total. The predicted octanol–water partition coefficient (Wildman–Crippen LogP) is 1.44. The highest BCUT2D eigenvalue weighted by molar-refractivity contribution is 5.85. The molecule has 0 saturated carbocycles. The molecule has 1 heterocycles. The molecule has 0 aliphatic carbocycles. The van der Waals surface area contributed by atoms with Gasteiger partial charge in [-0.2, -0.15) is 0 Å². The van der Waals surface area contributed by atoms with E-state index >= 15 is 0 Å². The van der Waals surface area contributed by atoms with E-state index in [4.69, 9.17) is 10.5 Å². The fourth-order valence-corrected chi connectivity index (χ4v) is 2.42. The number of rotatable bonds is 6. The molecule has 2 unspecified atom stereocenters. The molecule has 0 spiro atoms. The lowest BCUT2D eigenvalue weighted by molar-refractivity contribution is -0.139. The third-order valence-electron chi connectivity index (χ3n) is 3.85. The summed E-state index contributed by atoms with van der Waals surface area (Å²) >= 11 is 0. The van der Waals surface area contributed by atoms with Gasteiger partial charge in [0.05, 0.1) is 0 Å². The topological polar surface area (TPSA) is 64.3 Å². The molecule has 0 aromatic rings. The van der Waals surface area contributed by atoms with Gasteiger partial charge in [-0.3, -0.25) is 4.79 Å². The van der Waals surface area contributed by atoms with Crippen LogP contribution in [0.15, 0.2) is 0 Å². The number of ether oxygens (including phenoxy) is 1. The Morgan fingerprint density at radius 2 is 2.12 bits per heavy atom.